The predicted octanol–water partition coefficient (Wildman–Crippen LogP) is 1.63. The maximum Gasteiger partial charge on any atom is 0.304 e. The van der Waals surface area contributed by atoms with Crippen LogP contribution in [0.5, 0.6) is 0 Å². The van der Waals surface area contributed by atoms with Gasteiger partial charge in [0.1, 0.15) is 0 Å². The van der Waals surface area contributed by atoms with Crippen molar-refractivity contribution < 1.29 is 9.90 Å². The molecule has 0 amide bonds. The van der Waals surface area contributed by atoms with Crippen molar-refractivity contribution in [2.75, 3.05) is 0 Å². The zero-order valence-corrected chi connectivity index (χ0v) is 6.60. The summed E-state index contributed by atoms with van der Waals surface area (Å²) >= 11 is 3.32. The third kappa shape index (κ3) is 2.35. The molecule has 0 heterocycles. The molecule has 0 radical (unpaired) electrons. The Morgan fingerprint density at radius 2 is 2.33 bits per heavy atom. The SMILES string of the molecule is O=C(O)CC(Br)C1CC1. The van der Waals surface area contributed by atoms with Gasteiger partial charge in [0.2, 0.25) is 0 Å². The summed E-state index contributed by atoms with van der Waals surface area (Å²) in [7, 11) is 0. The molecule has 0 saturated heterocycles. The fourth-order valence-corrected chi connectivity index (χ4v) is 1.60. The Balaban J connectivity index is 2.17. The Bertz CT molecular complexity index is 120. The monoisotopic (exact) mass is 192 g/mol. The van der Waals surface area contributed by atoms with E-state index in [9.17, 15) is 4.79 Å². The first kappa shape index (κ1) is 7.06. The number of alkyl halides is 1. The standard InChI is InChI=1S/C6H9BrO2/c7-5(3-6(8)9)4-1-2-4/h4-5H,1-3H2,(H,8,9). The van der Waals surface area contributed by atoms with Crippen LogP contribution in [0.1, 0.15) is 19.3 Å². The van der Waals surface area contributed by atoms with Gasteiger partial charge in [-0.25, -0.2) is 0 Å². The molecule has 9 heavy (non-hydrogen) atoms. The second-order valence-corrected chi connectivity index (χ2v) is 3.63. The van der Waals surface area contributed by atoms with Crippen molar-refractivity contribution in [1.82, 2.24) is 0 Å². The van der Waals surface area contributed by atoms with Crippen LogP contribution in [-0.4, -0.2) is 15.9 Å². The molecular weight excluding hydrogens is 184 g/mol. The van der Waals surface area contributed by atoms with Crippen LogP contribution in [0.3, 0.4) is 0 Å². The molecule has 3 heteroatoms. The van der Waals surface area contributed by atoms with Gasteiger partial charge in [-0.1, -0.05) is 15.9 Å². The van der Waals surface area contributed by atoms with E-state index in [1.54, 1.807) is 0 Å². The highest BCUT2D eigenvalue weighted by molar-refractivity contribution is 9.09. The summed E-state index contributed by atoms with van der Waals surface area (Å²) in [5, 5.41) is 8.33. The fraction of sp³-hybridized carbons (Fsp3) is 0.833. The number of aliphatic carboxylic acids is 1. The minimum Gasteiger partial charge on any atom is -0.481 e. The smallest absolute Gasteiger partial charge is 0.304 e. The van der Waals surface area contributed by atoms with Crippen LogP contribution in [0.25, 0.3) is 0 Å². The maximum absolute atomic E-state index is 10.1. The van der Waals surface area contributed by atoms with E-state index in [4.69, 9.17) is 5.11 Å². The minimum atomic E-state index is -0.705. The summed E-state index contributed by atoms with van der Waals surface area (Å²) in [4.78, 5) is 10.3. The van der Waals surface area contributed by atoms with E-state index >= 15 is 0 Å². The molecule has 0 aromatic rings. The summed E-state index contributed by atoms with van der Waals surface area (Å²) in [6, 6.07) is 0. The number of carboxylic acids is 1. The number of hydrogen-bond donors (Lipinski definition) is 1. The number of rotatable bonds is 3. The third-order valence-electron chi connectivity index (χ3n) is 1.50. The van der Waals surface area contributed by atoms with Gasteiger partial charge in [0.05, 0.1) is 6.42 Å². The van der Waals surface area contributed by atoms with E-state index in [0.717, 1.165) is 0 Å². The Morgan fingerprint density at radius 1 is 1.78 bits per heavy atom. The molecule has 1 N–H and O–H groups in total. The molecule has 2 nitrogen and oxygen atoms in total. The molecule has 1 unspecified atom stereocenters. The molecule has 0 aromatic heterocycles. The van der Waals surface area contributed by atoms with Gasteiger partial charge in [0, 0.05) is 4.83 Å². The van der Waals surface area contributed by atoms with E-state index < -0.39 is 5.97 Å². The highest BCUT2D eigenvalue weighted by Gasteiger charge is 2.30. The van der Waals surface area contributed by atoms with Crippen molar-refractivity contribution in [3.63, 3.8) is 0 Å². The molecule has 1 aliphatic carbocycles. The molecule has 1 atom stereocenters. The fourth-order valence-electron chi connectivity index (χ4n) is 0.791. The largest absolute Gasteiger partial charge is 0.481 e. The van der Waals surface area contributed by atoms with Gasteiger partial charge in [0.15, 0.2) is 0 Å². The Labute approximate surface area is 62.4 Å². The van der Waals surface area contributed by atoms with Crippen LogP contribution >= 0.6 is 15.9 Å². The van der Waals surface area contributed by atoms with E-state index in [-0.39, 0.29) is 11.2 Å². The Kier molecular flexibility index (Phi) is 2.11. The molecule has 0 bridgehead atoms. The predicted molar refractivity (Wildman–Crippen MR) is 37.7 cm³/mol. The Morgan fingerprint density at radius 3 is 2.67 bits per heavy atom. The summed E-state index contributed by atoms with van der Waals surface area (Å²) in [5.41, 5.74) is 0. The van der Waals surface area contributed by atoms with Crippen LogP contribution in [0.2, 0.25) is 0 Å². The molecule has 1 fully saturated rings. The van der Waals surface area contributed by atoms with Crippen molar-refractivity contribution in [2.45, 2.75) is 24.1 Å². The highest BCUT2D eigenvalue weighted by Crippen LogP contribution is 2.37. The van der Waals surface area contributed by atoms with Gasteiger partial charge in [0.25, 0.3) is 0 Å². The summed E-state index contributed by atoms with van der Waals surface area (Å²) in [6.07, 6.45) is 2.66. The van der Waals surface area contributed by atoms with E-state index in [1.165, 1.54) is 12.8 Å². The zero-order chi connectivity index (χ0) is 6.85. The lowest BCUT2D eigenvalue weighted by Crippen LogP contribution is -2.07. The molecule has 0 aromatic carbocycles. The second-order valence-electron chi connectivity index (χ2n) is 2.45. The molecule has 1 aliphatic rings. The quantitative estimate of drug-likeness (QED) is 0.691. The van der Waals surface area contributed by atoms with Crippen molar-refractivity contribution in [1.29, 1.82) is 0 Å². The average Bonchev–Trinajstić information content (AvgIpc) is 2.40. The molecule has 0 aliphatic heterocycles. The summed E-state index contributed by atoms with van der Waals surface area (Å²) in [6.45, 7) is 0. The second kappa shape index (κ2) is 2.69. The average molecular weight is 193 g/mol. The molecule has 1 rings (SSSR count). The molecule has 0 spiro atoms. The van der Waals surface area contributed by atoms with Crippen molar-refractivity contribution in [3.05, 3.63) is 0 Å². The van der Waals surface area contributed by atoms with Gasteiger partial charge < -0.3 is 5.11 Å². The van der Waals surface area contributed by atoms with Crippen molar-refractivity contribution in [2.24, 2.45) is 5.92 Å². The van der Waals surface area contributed by atoms with Crippen LogP contribution in [0.4, 0.5) is 0 Å². The maximum atomic E-state index is 10.1. The first-order valence-corrected chi connectivity index (χ1v) is 3.97. The van der Waals surface area contributed by atoms with Crippen LogP contribution in [-0.2, 0) is 4.79 Å². The van der Waals surface area contributed by atoms with Gasteiger partial charge in [-0.2, -0.15) is 0 Å². The zero-order valence-electron chi connectivity index (χ0n) is 5.01. The van der Waals surface area contributed by atoms with Gasteiger partial charge in [-0.15, -0.1) is 0 Å². The summed E-state index contributed by atoms with van der Waals surface area (Å²) < 4.78 is 0. The first-order valence-electron chi connectivity index (χ1n) is 3.06. The normalized spacial score (nSPS) is 21.4. The van der Waals surface area contributed by atoms with E-state index in [0.29, 0.717) is 5.92 Å². The van der Waals surface area contributed by atoms with Crippen molar-refractivity contribution >= 4 is 21.9 Å². The lowest BCUT2D eigenvalue weighted by atomic mass is 10.2. The van der Waals surface area contributed by atoms with Crippen LogP contribution in [0.15, 0.2) is 0 Å². The highest BCUT2D eigenvalue weighted by atomic mass is 79.9. The molecular formula is C6H9BrO2. The van der Waals surface area contributed by atoms with Crippen LogP contribution in [0, 0.1) is 5.92 Å². The number of halogens is 1. The molecule has 1 saturated carbocycles. The van der Waals surface area contributed by atoms with E-state index in [1.807, 2.05) is 0 Å². The van der Waals surface area contributed by atoms with Gasteiger partial charge >= 0.3 is 5.97 Å². The van der Waals surface area contributed by atoms with E-state index in [2.05, 4.69) is 15.9 Å². The molecule has 52 valence electrons. The minimum absolute atomic E-state index is 0.218. The number of hydrogen-bond acceptors (Lipinski definition) is 1. The topological polar surface area (TPSA) is 37.3 Å². The Hall–Kier alpha value is -0.0500. The van der Waals surface area contributed by atoms with Crippen LogP contribution < -0.4 is 0 Å². The first-order chi connectivity index (χ1) is 4.20. The van der Waals surface area contributed by atoms with Gasteiger partial charge in [-0.3, -0.25) is 4.79 Å². The third-order valence-corrected chi connectivity index (χ3v) is 2.57. The lowest BCUT2D eigenvalue weighted by Gasteiger charge is -2.01. The summed E-state index contributed by atoms with van der Waals surface area (Å²) in [5.74, 6) is -0.0649. The number of carbonyl (C=O) groups is 1. The lowest BCUT2D eigenvalue weighted by molar-refractivity contribution is -0.137. The number of carboxylic acid groups (broad SMARTS) is 1. The van der Waals surface area contributed by atoms with Crippen molar-refractivity contribution in [3.8, 4) is 0 Å². The van der Waals surface area contributed by atoms with Gasteiger partial charge in [-0.05, 0) is 18.8 Å².